The number of amides is 1. The van der Waals surface area contributed by atoms with E-state index in [4.69, 9.17) is 5.11 Å². The number of anilines is 1. The molecule has 0 aromatic heterocycles. The summed E-state index contributed by atoms with van der Waals surface area (Å²) in [6, 6.07) is 14.1. The first-order valence-corrected chi connectivity index (χ1v) is 7.27. The first-order valence-electron chi connectivity index (χ1n) is 7.27. The van der Waals surface area contributed by atoms with Crippen LogP contribution < -0.4 is 4.90 Å². The minimum atomic E-state index is -0.996. The molecule has 1 N–H and O–H groups in total. The molecule has 3 rings (SSSR count). The van der Waals surface area contributed by atoms with Gasteiger partial charge in [-0.1, -0.05) is 35.9 Å². The summed E-state index contributed by atoms with van der Waals surface area (Å²) in [5, 5.41) is 8.97. The van der Waals surface area contributed by atoms with Gasteiger partial charge in [-0.15, -0.1) is 0 Å². The molecule has 4 nitrogen and oxygen atoms in total. The van der Waals surface area contributed by atoms with E-state index >= 15 is 0 Å². The summed E-state index contributed by atoms with van der Waals surface area (Å²) in [7, 11) is 0. The van der Waals surface area contributed by atoms with Gasteiger partial charge in [0.15, 0.2) is 0 Å². The maximum Gasteiger partial charge on any atom is 0.323 e. The molecule has 4 heteroatoms. The Morgan fingerprint density at radius 3 is 2.45 bits per heavy atom. The van der Waals surface area contributed by atoms with Gasteiger partial charge in [-0.2, -0.15) is 0 Å². The smallest absolute Gasteiger partial charge is 0.323 e. The lowest BCUT2D eigenvalue weighted by molar-refractivity contribution is -0.136. The van der Waals surface area contributed by atoms with Crippen LogP contribution in [0.1, 0.15) is 17.5 Å². The zero-order valence-corrected chi connectivity index (χ0v) is 12.4. The number of benzene rings is 2. The first kappa shape index (κ1) is 14.3. The number of nitrogens with zero attached hydrogens (tertiary/aromatic N) is 1. The van der Waals surface area contributed by atoms with Crippen LogP contribution in [0.5, 0.6) is 0 Å². The highest BCUT2D eigenvalue weighted by molar-refractivity contribution is 6.00. The Balaban J connectivity index is 1.98. The number of carboxylic acids is 1. The van der Waals surface area contributed by atoms with Gasteiger partial charge in [-0.25, -0.2) is 0 Å². The molecule has 0 aliphatic carbocycles. The molecule has 0 spiro atoms. The van der Waals surface area contributed by atoms with Crippen LogP contribution in [0.4, 0.5) is 5.69 Å². The van der Waals surface area contributed by atoms with Crippen LogP contribution in [-0.2, 0) is 16.0 Å². The molecule has 1 aliphatic heterocycles. The molecule has 1 amide bonds. The van der Waals surface area contributed by atoms with Crippen molar-refractivity contribution in [3.8, 4) is 11.1 Å². The van der Waals surface area contributed by atoms with Crippen LogP contribution in [0, 0.1) is 6.92 Å². The van der Waals surface area contributed by atoms with E-state index in [9.17, 15) is 9.59 Å². The summed E-state index contributed by atoms with van der Waals surface area (Å²) in [6.07, 6.45) is 1.02. The first-order chi connectivity index (χ1) is 10.5. The van der Waals surface area contributed by atoms with Gasteiger partial charge >= 0.3 is 5.97 Å². The highest BCUT2D eigenvalue weighted by atomic mass is 16.4. The number of rotatable bonds is 3. The van der Waals surface area contributed by atoms with Crippen LogP contribution in [0.25, 0.3) is 11.1 Å². The number of hydrogen-bond donors (Lipinski definition) is 1. The average molecular weight is 295 g/mol. The predicted octanol–water partition coefficient (Wildman–Crippen LogP) is 3.03. The third-order valence-electron chi connectivity index (χ3n) is 3.96. The van der Waals surface area contributed by atoms with Crippen LogP contribution >= 0.6 is 0 Å². The molecule has 1 heterocycles. The molecular weight excluding hydrogens is 278 g/mol. The van der Waals surface area contributed by atoms with Gasteiger partial charge in [0.05, 0.1) is 0 Å². The Morgan fingerprint density at radius 1 is 1.09 bits per heavy atom. The second-order valence-electron chi connectivity index (χ2n) is 5.58. The monoisotopic (exact) mass is 295 g/mol. The number of fused-ring (bicyclic) bond motifs is 1. The molecule has 0 radical (unpaired) electrons. The zero-order chi connectivity index (χ0) is 15.7. The minimum absolute atomic E-state index is 0.127. The molecule has 0 saturated carbocycles. The van der Waals surface area contributed by atoms with E-state index in [2.05, 4.69) is 30.3 Å². The fourth-order valence-corrected chi connectivity index (χ4v) is 2.79. The summed E-state index contributed by atoms with van der Waals surface area (Å²) < 4.78 is 0. The molecule has 0 bridgehead atoms. The predicted molar refractivity (Wildman–Crippen MR) is 84.9 cm³/mol. The van der Waals surface area contributed by atoms with Gasteiger partial charge in [-0.3, -0.25) is 9.59 Å². The minimum Gasteiger partial charge on any atom is -0.480 e. The Labute approximate surface area is 129 Å². The van der Waals surface area contributed by atoms with Gasteiger partial charge in [0.2, 0.25) is 5.91 Å². The molecule has 1 aliphatic rings. The number of aliphatic carboxylic acids is 1. The summed E-state index contributed by atoms with van der Waals surface area (Å²) >= 11 is 0. The van der Waals surface area contributed by atoms with Crippen LogP contribution in [0.2, 0.25) is 0 Å². The van der Waals surface area contributed by atoms with Crippen molar-refractivity contribution in [3.63, 3.8) is 0 Å². The standard InChI is InChI=1S/C18H17NO3/c1-12-2-4-13(5-3-12)14-6-8-16-15(10-14)7-9-17(20)19(16)11-18(21)22/h2-6,8,10H,7,9,11H2,1H3,(H,21,22). The third-order valence-corrected chi connectivity index (χ3v) is 3.96. The van der Waals surface area contributed by atoms with Crippen molar-refractivity contribution < 1.29 is 14.7 Å². The lowest BCUT2D eigenvalue weighted by Gasteiger charge is -2.28. The third kappa shape index (κ3) is 2.72. The Bertz CT molecular complexity index is 734. The maximum atomic E-state index is 11.9. The molecule has 22 heavy (non-hydrogen) atoms. The van der Waals surface area contributed by atoms with Crippen LogP contribution in [-0.4, -0.2) is 23.5 Å². The van der Waals surface area contributed by atoms with Crippen molar-refractivity contribution in [1.29, 1.82) is 0 Å². The van der Waals surface area contributed by atoms with Gasteiger partial charge in [-0.05, 0) is 42.2 Å². The van der Waals surface area contributed by atoms with E-state index in [1.807, 2.05) is 19.1 Å². The Morgan fingerprint density at radius 2 is 1.77 bits per heavy atom. The van der Waals surface area contributed by atoms with Gasteiger partial charge in [0.1, 0.15) is 6.54 Å². The van der Waals surface area contributed by atoms with E-state index in [0.29, 0.717) is 12.8 Å². The summed E-state index contributed by atoms with van der Waals surface area (Å²) in [6.45, 7) is 1.77. The molecule has 112 valence electrons. The quantitative estimate of drug-likeness (QED) is 0.947. The van der Waals surface area contributed by atoms with Crippen molar-refractivity contribution in [2.45, 2.75) is 19.8 Å². The van der Waals surface area contributed by atoms with E-state index in [-0.39, 0.29) is 12.5 Å². The molecule has 0 atom stereocenters. The second-order valence-corrected chi connectivity index (χ2v) is 5.58. The molecule has 2 aromatic carbocycles. The Kier molecular flexibility index (Phi) is 3.67. The van der Waals surface area contributed by atoms with E-state index in [1.54, 1.807) is 0 Å². The molecular formula is C18H17NO3. The number of carboxylic acid groups (broad SMARTS) is 1. The largest absolute Gasteiger partial charge is 0.480 e. The molecule has 2 aromatic rings. The lowest BCUT2D eigenvalue weighted by atomic mass is 9.95. The maximum absolute atomic E-state index is 11.9. The van der Waals surface area contributed by atoms with E-state index < -0.39 is 5.97 Å². The summed E-state index contributed by atoms with van der Waals surface area (Å²) in [5.41, 5.74) is 5.16. The molecule has 0 saturated heterocycles. The normalized spacial score (nSPS) is 13.9. The van der Waals surface area contributed by atoms with Gasteiger partial charge in [0.25, 0.3) is 0 Å². The number of aryl methyl sites for hydroxylation is 2. The number of hydrogen-bond acceptors (Lipinski definition) is 2. The summed E-state index contributed by atoms with van der Waals surface area (Å²) in [4.78, 5) is 24.3. The van der Waals surface area contributed by atoms with Crippen molar-refractivity contribution >= 4 is 17.6 Å². The Hall–Kier alpha value is -2.62. The van der Waals surface area contributed by atoms with Crippen molar-refractivity contribution in [3.05, 3.63) is 53.6 Å². The highest BCUT2D eigenvalue weighted by Crippen LogP contribution is 2.32. The topological polar surface area (TPSA) is 57.6 Å². The second kappa shape index (κ2) is 5.64. The van der Waals surface area contributed by atoms with Crippen molar-refractivity contribution in [1.82, 2.24) is 0 Å². The highest BCUT2D eigenvalue weighted by Gasteiger charge is 2.26. The fourth-order valence-electron chi connectivity index (χ4n) is 2.79. The lowest BCUT2D eigenvalue weighted by Crippen LogP contribution is -2.38. The van der Waals surface area contributed by atoms with E-state index in [0.717, 1.165) is 22.4 Å². The zero-order valence-electron chi connectivity index (χ0n) is 12.4. The van der Waals surface area contributed by atoms with Crippen molar-refractivity contribution in [2.24, 2.45) is 0 Å². The molecule has 0 fully saturated rings. The number of carbonyl (C=O) groups is 2. The number of carbonyl (C=O) groups excluding carboxylic acids is 1. The average Bonchev–Trinajstić information content (AvgIpc) is 2.50. The van der Waals surface area contributed by atoms with Crippen LogP contribution in [0.3, 0.4) is 0 Å². The van der Waals surface area contributed by atoms with Crippen molar-refractivity contribution in [2.75, 3.05) is 11.4 Å². The SMILES string of the molecule is Cc1ccc(-c2ccc3c(c2)CCC(=O)N3CC(=O)O)cc1. The van der Waals surface area contributed by atoms with E-state index in [1.165, 1.54) is 10.5 Å². The fraction of sp³-hybridized carbons (Fsp3) is 0.222. The summed E-state index contributed by atoms with van der Waals surface area (Å²) in [5.74, 6) is -1.12. The van der Waals surface area contributed by atoms with Gasteiger partial charge in [0, 0.05) is 12.1 Å². The van der Waals surface area contributed by atoms with Gasteiger partial charge < -0.3 is 10.0 Å². The molecule has 0 unspecified atom stereocenters. The van der Waals surface area contributed by atoms with Crippen LogP contribution in [0.15, 0.2) is 42.5 Å².